The van der Waals surface area contributed by atoms with Crippen LogP contribution in [0, 0.1) is 13.8 Å². The predicted octanol–water partition coefficient (Wildman–Crippen LogP) is 4.80. The first-order valence-electron chi connectivity index (χ1n) is 9.56. The van der Waals surface area contributed by atoms with Crippen molar-refractivity contribution in [2.75, 3.05) is 20.4 Å². The standard InChI is InChI=1S/C22H23ClFN3O2/c1-13-8-16(9-14(2)25-13)21-19-6-7-29-17(11-24)12-27(19)22(26-21)15-4-5-18(23)20(10-15)28-3/h4-5,8-10,17H,6-7,11-12H2,1-3H3/t17-/m1/s1. The molecule has 3 aromatic rings. The van der Waals surface area contributed by atoms with E-state index in [1.165, 1.54) is 0 Å². The van der Waals surface area contributed by atoms with Gasteiger partial charge in [-0.2, -0.15) is 0 Å². The van der Waals surface area contributed by atoms with Gasteiger partial charge < -0.3 is 14.0 Å². The molecule has 0 N–H and O–H groups in total. The number of fused-ring (bicyclic) bond motifs is 1. The summed E-state index contributed by atoms with van der Waals surface area (Å²) in [7, 11) is 1.58. The molecule has 3 heterocycles. The number of benzene rings is 1. The lowest BCUT2D eigenvalue weighted by Gasteiger charge is -2.14. The van der Waals surface area contributed by atoms with Crippen molar-refractivity contribution in [1.29, 1.82) is 0 Å². The number of alkyl halides is 1. The number of rotatable bonds is 4. The zero-order valence-electron chi connectivity index (χ0n) is 16.7. The highest BCUT2D eigenvalue weighted by Gasteiger charge is 2.26. The van der Waals surface area contributed by atoms with E-state index >= 15 is 0 Å². The van der Waals surface area contributed by atoms with Gasteiger partial charge in [0.2, 0.25) is 0 Å². The van der Waals surface area contributed by atoms with Crippen LogP contribution in [0.3, 0.4) is 0 Å². The molecule has 0 saturated heterocycles. The van der Waals surface area contributed by atoms with Crippen LogP contribution >= 0.6 is 11.6 Å². The molecule has 1 aliphatic rings. The van der Waals surface area contributed by atoms with Crippen molar-refractivity contribution in [1.82, 2.24) is 14.5 Å². The quantitative estimate of drug-likeness (QED) is 0.614. The molecule has 0 fully saturated rings. The number of aromatic nitrogens is 3. The van der Waals surface area contributed by atoms with E-state index in [9.17, 15) is 4.39 Å². The highest BCUT2D eigenvalue weighted by Crippen LogP contribution is 2.35. The van der Waals surface area contributed by atoms with Crippen LogP contribution in [-0.2, 0) is 17.7 Å². The first-order chi connectivity index (χ1) is 14.0. The van der Waals surface area contributed by atoms with Crippen molar-refractivity contribution in [2.24, 2.45) is 0 Å². The van der Waals surface area contributed by atoms with Gasteiger partial charge in [-0.15, -0.1) is 0 Å². The maximum absolute atomic E-state index is 13.5. The maximum Gasteiger partial charge on any atom is 0.141 e. The fraction of sp³-hybridized carbons (Fsp3) is 0.364. The van der Waals surface area contributed by atoms with Crippen LogP contribution in [0.4, 0.5) is 4.39 Å². The molecule has 4 rings (SSSR count). The van der Waals surface area contributed by atoms with Gasteiger partial charge >= 0.3 is 0 Å². The van der Waals surface area contributed by atoms with Gasteiger partial charge in [-0.25, -0.2) is 9.37 Å². The molecule has 7 heteroatoms. The Kier molecular flexibility index (Phi) is 5.56. The van der Waals surface area contributed by atoms with Crippen LogP contribution in [0.1, 0.15) is 17.1 Å². The number of hydrogen-bond donors (Lipinski definition) is 0. The fourth-order valence-corrected chi connectivity index (χ4v) is 4.02. The number of pyridine rings is 1. The van der Waals surface area contributed by atoms with E-state index in [2.05, 4.69) is 9.55 Å². The fourth-order valence-electron chi connectivity index (χ4n) is 3.83. The van der Waals surface area contributed by atoms with E-state index in [1.807, 2.05) is 38.1 Å². The van der Waals surface area contributed by atoms with Gasteiger partial charge in [0.1, 0.15) is 24.4 Å². The highest BCUT2D eigenvalue weighted by atomic mass is 35.5. The lowest BCUT2D eigenvalue weighted by atomic mass is 10.1. The Bertz CT molecular complexity index is 1030. The molecule has 152 valence electrons. The molecular formula is C22H23ClFN3O2. The second-order valence-corrected chi connectivity index (χ2v) is 7.63. The molecule has 0 saturated carbocycles. The summed E-state index contributed by atoms with van der Waals surface area (Å²) >= 11 is 6.21. The molecule has 0 unspecified atom stereocenters. The molecule has 0 spiro atoms. The molecule has 5 nitrogen and oxygen atoms in total. The summed E-state index contributed by atoms with van der Waals surface area (Å²) in [5.41, 5.74) is 5.65. The molecule has 0 amide bonds. The van der Waals surface area contributed by atoms with Crippen molar-refractivity contribution in [3.05, 3.63) is 52.4 Å². The molecule has 1 aromatic carbocycles. The third-order valence-electron chi connectivity index (χ3n) is 5.09. The Labute approximate surface area is 174 Å². The predicted molar refractivity (Wildman–Crippen MR) is 111 cm³/mol. The Morgan fingerprint density at radius 1 is 1.17 bits per heavy atom. The number of hydrogen-bond acceptors (Lipinski definition) is 4. The lowest BCUT2D eigenvalue weighted by Crippen LogP contribution is -2.21. The molecule has 1 aliphatic heterocycles. The van der Waals surface area contributed by atoms with Crippen LogP contribution in [0.15, 0.2) is 30.3 Å². The van der Waals surface area contributed by atoms with E-state index in [0.717, 1.165) is 39.7 Å². The highest BCUT2D eigenvalue weighted by molar-refractivity contribution is 6.32. The van der Waals surface area contributed by atoms with Crippen LogP contribution in [0.5, 0.6) is 5.75 Å². The molecule has 0 radical (unpaired) electrons. The van der Waals surface area contributed by atoms with E-state index in [1.54, 1.807) is 13.2 Å². The number of nitrogens with zero attached hydrogens (tertiary/aromatic N) is 3. The van der Waals surface area contributed by atoms with Crippen LogP contribution < -0.4 is 4.74 Å². The Morgan fingerprint density at radius 3 is 2.62 bits per heavy atom. The molecule has 0 aliphatic carbocycles. The third-order valence-corrected chi connectivity index (χ3v) is 5.40. The van der Waals surface area contributed by atoms with Gasteiger partial charge in [-0.05, 0) is 44.2 Å². The largest absolute Gasteiger partial charge is 0.495 e. The summed E-state index contributed by atoms with van der Waals surface area (Å²) in [6.07, 6.45) is 0.163. The number of imidazole rings is 1. The SMILES string of the molecule is COc1cc(-c2nc(-c3cc(C)nc(C)c3)c3n2C[C@@H](CF)OCC3)ccc1Cl. The van der Waals surface area contributed by atoms with E-state index < -0.39 is 12.8 Å². The summed E-state index contributed by atoms with van der Waals surface area (Å²) in [5.74, 6) is 1.33. The number of ether oxygens (including phenoxy) is 2. The van der Waals surface area contributed by atoms with Crippen molar-refractivity contribution in [2.45, 2.75) is 32.9 Å². The van der Waals surface area contributed by atoms with Gasteiger partial charge in [-0.3, -0.25) is 4.98 Å². The van der Waals surface area contributed by atoms with Gasteiger partial charge in [0.05, 0.1) is 31.0 Å². The third kappa shape index (κ3) is 3.87. The Morgan fingerprint density at radius 2 is 1.93 bits per heavy atom. The minimum Gasteiger partial charge on any atom is -0.495 e. The molecular weight excluding hydrogens is 393 g/mol. The zero-order chi connectivity index (χ0) is 20.5. The molecule has 29 heavy (non-hydrogen) atoms. The topological polar surface area (TPSA) is 49.2 Å². The van der Waals surface area contributed by atoms with E-state index in [-0.39, 0.29) is 0 Å². The Balaban J connectivity index is 1.92. The minimum atomic E-state index is -0.538. The van der Waals surface area contributed by atoms with Crippen molar-refractivity contribution in [3.63, 3.8) is 0 Å². The smallest absolute Gasteiger partial charge is 0.141 e. The van der Waals surface area contributed by atoms with Crippen LogP contribution in [0.2, 0.25) is 5.02 Å². The van der Waals surface area contributed by atoms with Crippen molar-refractivity contribution in [3.8, 4) is 28.4 Å². The monoisotopic (exact) mass is 415 g/mol. The van der Waals surface area contributed by atoms with Crippen LogP contribution in [0.25, 0.3) is 22.6 Å². The second-order valence-electron chi connectivity index (χ2n) is 7.23. The second kappa shape index (κ2) is 8.13. The average molecular weight is 416 g/mol. The molecule has 1 atom stereocenters. The van der Waals surface area contributed by atoms with Gasteiger partial charge in [0.25, 0.3) is 0 Å². The zero-order valence-corrected chi connectivity index (χ0v) is 17.5. The van der Waals surface area contributed by atoms with Gasteiger partial charge in [-0.1, -0.05) is 11.6 Å². The van der Waals surface area contributed by atoms with Crippen molar-refractivity contribution < 1.29 is 13.9 Å². The number of halogens is 2. The summed E-state index contributed by atoms with van der Waals surface area (Å²) in [5, 5.41) is 0.532. The summed E-state index contributed by atoms with van der Waals surface area (Å²) in [6, 6.07) is 9.61. The normalized spacial score (nSPS) is 16.4. The maximum atomic E-state index is 13.5. The van der Waals surface area contributed by atoms with E-state index in [0.29, 0.717) is 30.3 Å². The summed E-state index contributed by atoms with van der Waals surface area (Å²) in [4.78, 5) is 9.46. The van der Waals surface area contributed by atoms with Crippen molar-refractivity contribution >= 4 is 11.6 Å². The molecule has 2 aromatic heterocycles. The van der Waals surface area contributed by atoms with Gasteiger partial charge in [0.15, 0.2) is 0 Å². The first kappa shape index (κ1) is 19.9. The average Bonchev–Trinajstić information content (AvgIpc) is 2.91. The minimum absolute atomic E-state index is 0.405. The van der Waals surface area contributed by atoms with Crippen LogP contribution in [-0.4, -0.2) is 41.0 Å². The number of aryl methyl sites for hydroxylation is 2. The van der Waals surface area contributed by atoms with E-state index in [4.69, 9.17) is 26.1 Å². The summed E-state index contributed by atoms with van der Waals surface area (Å²) < 4.78 is 26.6. The lowest BCUT2D eigenvalue weighted by molar-refractivity contribution is 0.0355. The molecule has 0 bridgehead atoms. The summed E-state index contributed by atoms with van der Waals surface area (Å²) in [6.45, 7) is 4.27. The first-order valence-corrected chi connectivity index (χ1v) is 9.94. The Hall–Kier alpha value is -2.44. The number of methoxy groups -OCH3 is 1. The van der Waals surface area contributed by atoms with Gasteiger partial charge in [0, 0.05) is 34.6 Å².